The number of ether oxygens (including phenoxy) is 1. The third kappa shape index (κ3) is 5.03. The first kappa shape index (κ1) is 21.0. The van der Waals surface area contributed by atoms with Gasteiger partial charge in [-0.25, -0.2) is 0 Å². The van der Waals surface area contributed by atoms with Crippen LogP contribution in [0.15, 0.2) is 59.5 Å². The van der Waals surface area contributed by atoms with Crippen LogP contribution < -0.4 is 15.2 Å². The highest BCUT2D eigenvalue weighted by molar-refractivity contribution is 7.97. The van der Waals surface area contributed by atoms with E-state index in [0.717, 1.165) is 16.6 Å². The number of nitrogens with zero attached hydrogens (tertiary/aromatic N) is 2. The smallest absolute Gasteiger partial charge is 0.435 e. The molecule has 3 N–H and O–H groups in total. The van der Waals surface area contributed by atoms with Gasteiger partial charge in [0.15, 0.2) is 12.3 Å². The summed E-state index contributed by atoms with van der Waals surface area (Å²) in [6.45, 7) is -0.545. The molecule has 1 amide bonds. The molecule has 3 aromatic rings. The minimum absolute atomic E-state index is 0.174. The monoisotopic (exact) mass is 442 g/mol. The van der Waals surface area contributed by atoms with E-state index in [-0.39, 0.29) is 16.6 Å². The molecule has 0 radical (unpaired) electrons. The zero-order chi connectivity index (χ0) is 21.0. The molecule has 0 atom stereocenters. The van der Waals surface area contributed by atoms with Crippen molar-refractivity contribution in [2.75, 3.05) is 11.9 Å². The van der Waals surface area contributed by atoms with Crippen LogP contribution in [-0.2, 0) is 11.0 Å². The second kappa shape index (κ2) is 8.76. The van der Waals surface area contributed by atoms with E-state index >= 15 is 0 Å². The number of nitrogens with two attached hydrogens (primary N) is 1. The number of benzene rings is 2. The lowest BCUT2D eigenvalue weighted by atomic mass is 10.3. The number of halogens is 4. The predicted molar refractivity (Wildman–Crippen MR) is 104 cm³/mol. The fourth-order valence-electron chi connectivity index (χ4n) is 2.40. The number of carbonyl (C=O) groups is 1. The van der Waals surface area contributed by atoms with Crippen molar-refractivity contribution in [3.05, 3.63) is 65.3 Å². The van der Waals surface area contributed by atoms with Gasteiger partial charge in [0.1, 0.15) is 0 Å². The van der Waals surface area contributed by atoms with Crippen molar-refractivity contribution in [3.63, 3.8) is 0 Å². The van der Waals surface area contributed by atoms with Gasteiger partial charge in [0.2, 0.25) is 5.88 Å². The number of amides is 1. The Hall–Kier alpha value is -2.69. The average Bonchev–Trinajstić information content (AvgIpc) is 3.12. The number of anilines is 1. The van der Waals surface area contributed by atoms with Gasteiger partial charge in [-0.3, -0.25) is 9.93 Å². The van der Waals surface area contributed by atoms with Gasteiger partial charge in [0, 0.05) is 11.0 Å². The van der Waals surface area contributed by atoms with Crippen LogP contribution in [0, 0.1) is 0 Å². The van der Waals surface area contributed by atoms with Gasteiger partial charge in [-0.15, -0.1) is 0 Å². The maximum atomic E-state index is 13.1. The second-order valence-corrected chi connectivity index (χ2v) is 6.76. The van der Waals surface area contributed by atoms with E-state index in [4.69, 9.17) is 21.5 Å². The van der Waals surface area contributed by atoms with Gasteiger partial charge in [0.25, 0.3) is 5.91 Å². The number of hydrogen-bond donors (Lipinski definition) is 2. The molecule has 1 heterocycles. The van der Waals surface area contributed by atoms with E-state index in [1.807, 2.05) is 0 Å². The molecule has 0 bridgehead atoms. The van der Waals surface area contributed by atoms with Crippen LogP contribution in [0.2, 0.25) is 5.02 Å². The lowest BCUT2D eigenvalue weighted by Crippen LogP contribution is -2.21. The van der Waals surface area contributed by atoms with Gasteiger partial charge < -0.3 is 10.1 Å². The number of rotatable bonds is 6. The molecular formula is C18H14ClF3N4O2S. The highest BCUT2D eigenvalue weighted by Gasteiger charge is 2.36. The second-order valence-electron chi connectivity index (χ2n) is 5.68. The molecule has 0 aliphatic heterocycles. The van der Waals surface area contributed by atoms with Crippen LogP contribution in [0.5, 0.6) is 5.88 Å². The first-order chi connectivity index (χ1) is 13.8. The molecule has 0 saturated carbocycles. The first-order valence-corrected chi connectivity index (χ1v) is 9.36. The van der Waals surface area contributed by atoms with Gasteiger partial charge >= 0.3 is 6.18 Å². The Morgan fingerprint density at radius 1 is 1.21 bits per heavy atom. The molecule has 0 unspecified atom stereocenters. The molecule has 3 rings (SSSR count). The van der Waals surface area contributed by atoms with Crippen molar-refractivity contribution in [1.29, 1.82) is 0 Å². The van der Waals surface area contributed by atoms with E-state index in [1.54, 1.807) is 36.4 Å². The summed E-state index contributed by atoms with van der Waals surface area (Å²) in [5.41, 5.74) is -0.521. The predicted octanol–water partition coefficient (Wildman–Crippen LogP) is 4.53. The third-order valence-corrected chi connectivity index (χ3v) is 4.62. The van der Waals surface area contributed by atoms with E-state index in [9.17, 15) is 18.0 Å². The molecule has 0 spiro atoms. The summed E-state index contributed by atoms with van der Waals surface area (Å²) in [5, 5.41) is 11.8. The third-order valence-electron chi connectivity index (χ3n) is 3.69. The summed E-state index contributed by atoms with van der Waals surface area (Å²) in [5.74, 6) is -0.853. The Labute approximate surface area is 172 Å². The van der Waals surface area contributed by atoms with Crippen molar-refractivity contribution in [1.82, 2.24) is 9.78 Å². The normalized spacial score (nSPS) is 11.3. The molecule has 152 valence electrons. The van der Waals surface area contributed by atoms with E-state index in [2.05, 4.69) is 10.4 Å². The fourth-order valence-corrected chi connectivity index (χ4v) is 3.02. The van der Waals surface area contributed by atoms with Gasteiger partial charge in [0.05, 0.1) is 16.4 Å². The molecule has 11 heteroatoms. The summed E-state index contributed by atoms with van der Waals surface area (Å²) < 4.78 is 45.6. The topological polar surface area (TPSA) is 82.2 Å². The minimum atomic E-state index is -4.69. The van der Waals surface area contributed by atoms with Crippen molar-refractivity contribution in [2.24, 2.45) is 5.14 Å². The van der Waals surface area contributed by atoms with E-state index in [1.165, 1.54) is 12.1 Å². The van der Waals surface area contributed by atoms with Crippen molar-refractivity contribution < 1.29 is 22.7 Å². The summed E-state index contributed by atoms with van der Waals surface area (Å²) in [6.07, 6.45) is -4.69. The highest BCUT2D eigenvalue weighted by Crippen LogP contribution is 2.33. The molecular weight excluding hydrogens is 429 g/mol. The Balaban J connectivity index is 1.82. The SMILES string of the molecule is NSc1ccccc1NC(=O)COc1cc(C(F)(F)F)nn1-c1ccccc1Cl. The molecule has 0 saturated heterocycles. The van der Waals surface area contributed by atoms with Crippen molar-refractivity contribution >= 4 is 35.1 Å². The average molecular weight is 443 g/mol. The quantitative estimate of drug-likeness (QED) is 0.548. The zero-order valence-corrected chi connectivity index (χ0v) is 16.2. The molecule has 1 aromatic heterocycles. The minimum Gasteiger partial charge on any atom is -0.467 e. The highest BCUT2D eigenvalue weighted by atomic mass is 35.5. The Bertz CT molecular complexity index is 1030. The lowest BCUT2D eigenvalue weighted by Gasteiger charge is -2.11. The lowest BCUT2D eigenvalue weighted by molar-refractivity contribution is -0.141. The molecule has 0 fully saturated rings. The van der Waals surface area contributed by atoms with Crippen molar-refractivity contribution in [2.45, 2.75) is 11.1 Å². The van der Waals surface area contributed by atoms with Crippen molar-refractivity contribution in [3.8, 4) is 11.6 Å². The number of para-hydroxylation sites is 2. The van der Waals surface area contributed by atoms with E-state index < -0.39 is 24.4 Å². The largest absolute Gasteiger partial charge is 0.467 e. The fraction of sp³-hybridized carbons (Fsp3) is 0.111. The van der Waals surface area contributed by atoms with Crippen LogP contribution >= 0.6 is 23.5 Å². The van der Waals surface area contributed by atoms with Crippen LogP contribution in [0.1, 0.15) is 5.69 Å². The maximum absolute atomic E-state index is 13.1. The molecule has 6 nitrogen and oxygen atoms in total. The summed E-state index contributed by atoms with van der Waals surface area (Å²) in [6, 6.07) is 13.7. The molecule has 0 aliphatic rings. The Morgan fingerprint density at radius 2 is 1.90 bits per heavy atom. The van der Waals surface area contributed by atoms with Gasteiger partial charge in [-0.2, -0.15) is 23.0 Å². The summed E-state index contributed by atoms with van der Waals surface area (Å²) in [7, 11) is 0. The first-order valence-electron chi connectivity index (χ1n) is 8.10. The number of alkyl halides is 3. The van der Waals surface area contributed by atoms with Crippen LogP contribution in [0.3, 0.4) is 0 Å². The van der Waals surface area contributed by atoms with Gasteiger partial charge in [-0.05, 0) is 36.2 Å². The molecule has 2 aromatic carbocycles. The maximum Gasteiger partial charge on any atom is 0.435 e. The zero-order valence-electron chi connectivity index (χ0n) is 14.6. The Morgan fingerprint density at radius 3 is 2.59 bits per heavy atom. The summed E-state index contributed by atoms with van der Waals surface area (Å²) >= 11 is 7.02. The van der Waals surface area contributed by atoms with Crippen LogP contribution in [0.4, 0.5) is 18.9 Å². The van der Waals surface area contributed by atoms with Gasteiger partial charge in [-0.1, -0.05) is 35.9 Å². The summed E-state index contributed by atoms with van der Waals surface area (Å²) in [4.78, 5) is 12.8. The molecule has 29 heavy (non-hydrogen) atoms. The van der Waals surface area contributed by atoms with Crippen LogP contribution in [0.25, 0.3) is 5.69 Å². The molecule has 0 aliphatic carbocycles. The number of hydrogen-bond acceptors (Lipinski definition) is 5. The number of carbonyl (C=O) groups excluding carboxylic acids is 1. The van der Waals surface area contributed by atoms with E-state index in [0.29, 0.717) is 16.6 Å². The number of aromatic nitrogens is 2. The number of nitrogens with one attached hydrogen (secondary N) is 1. The standard InChI is InChI=1S/C18H14ClF3N4O2S/c19-11-5-1-3-7-13(11)26-17(9-15(25-26)18(20,21)22)28-10-16(27)24-12-6-2-4-8-14(12)29-23/h1-9H,10,23H2,(H,24,27). The Kier molecular flexibility index (Phi) is 6.36. The van der Waals surface area contributed by atoms with Crippen LogP contribution in [-0.4, -0.2) is 22.3 Å².